The number of carbonyl (C=O) groups excluding carboxylic acids is 1. The van der Waals surface area contributed by atoms with Gasteiger partial charge in [0.25, 0.3) is 10.0 Å². The van der Waals surface area contributed by atoms with Gasteiger partial charge in [-0.2, -0.15) is 0 Å². The van der Waals surface area contributed by atoms with E-state index in [1.54, 1.807) is 12.1 Å². The summed E-state index contributed by atoms with van der Waals surface area (Å²) < 4.78 is 26.0. The molecule has 0 saturated carbocycles. The lowest BCUT2D eigenvalue weighted by atomic mass is 10.1. The van der Waals surface area contributed by atoms with Crippen molar-refractivity contribution in [2.45, 2.75) is 18.2 Å². The van der Waals surface area contributed by atoms with Gasteiger partial charge in [-0.15, -0.1) is 0 Å². The molecule has 0 aliphatic heterocycles. The number of aromatic hydroxyl groups is 1. The van der Waals surface area contributed by atoms with Gasteiger partial charge in [-0.1, -0.05) is 29.8 Å². The molecule has 0 aliphatic carbocycles. The molecule has 5 nitrogen and oxygen atoms in total. The summed E-state index contributed by atoms with van der Waals surface area (Å²) in [5, 5.41) is 9.14. The molecule has 0 bridgehead atoms. The summed E-state index contributed by atoms with van der Waals surface area (Å²) in [4.78, 5) is 11.7. The molecule has 2 aromatic carbocycles. The molecule has 2 N–H and O–H groups in total. The molecule has 110 valence electrons. The van der Waals surface area contributed by atoms with Gasteiger partial charge in [0.05, 0.1) is 11.3 Å². The molecule has 21 heavy (non-hydrogen) atoms. The average molecular weight is 305 g/mol. The molecular formula is C15H15NO4S. The van der Waals surface area contributed by atoms with Crippen LogP contribution in [0.1, 0.15) is 11.1 Å². The summed E-state index contributed by atoms with van der Waals surface area (Å²) in [5.41, 5.74) is 1.80. The third kappa shape index (κ3) is 4.06. The van der Waals surface area contributed by atoms with Crippen molar-refractivity contribution in [2.24, 2.45) is 0 Å². The van der Waals surface area contributed by atoms with Crippen molar-refractivity contribution < 1.29 is 18.3 Å². The molecule has 0 unspecified atom stereocenters. The molecule has 2 rings (SSSR count). The standard InChI is InChI=1S/C15H15NO4S/c1-11-2-4-12(5-3-11)10-15(18)16-21(19,20)14-8-6-13(17)7-9-14/h2-9,17H,10H2,1H3,(H,16,18). The number of rotatable bonds is 4. The highest BCUT2D eigenvalue weighted by Crippen LogP contribution is 2.14. The summed E-state index contributed by atoms with van der Waals surface area (Å²) >= 11 is 0. The highest BCUT2D eigenvalue weighted by molar-refractivity contribution is 7.90. The lowest BCUT2D eigenvalue weighted by Crippen LogP contribution is -2.31. The maximum Gasteiger partial charge on any atom is 0.264 e. The van der Waals surface area contributed by atoms with E-state index in [-0.39, 0.29) is 17.1 Å². The minimum atomic E-state index is -3.92. The summed E-state index contributed by atoms with van der Waals surface area (Å²) in [5.74, 6) is -0.646. The van der Waals surface area contributed by atoms with Crippen LogP contribution in [-0.4, -0.2) is 19.4 Å². The molecule has 0 fully saturated rings. The summed E-state index contributed by atoms with van der Waals surface area (Å²) in [6.07, 6.45) is -0.0163. The van der Waals surface area contributed by atoms with Gasteiger partial charge in [0.1, 0.15) is 5.75 Å². The quantitative estimate of drug-likeness (QED) is 0.901. The third-order valence-corrected chi connectivity index (χ3v) is 4.27. The van der Waals surface area contributed by atoms with Crippen LogP contribution in [0.3, 0.4) is 0 Å². The lowest BCUT2D eigenvalue weighted by Gasteiger charge is -2.07. The third-order valence-electron chi connectivity index (χ3n) is 2.88. The number of phenolic OH excluding ortho intramolecular Hbond substituents is 1. The molecule has 2 aromatic rings. The van der Waals surface area contributed by atoms with Gasteiger partial charge < -0.3 is 5.11 Å². The fraction of sp³-hybridized carbons (Fsp3) is 0.133. The monoisotopic (exact) mass is 305 g/mol. The molecular weight excluding hydrogens is 290 g/mol. The molecule has 0 atom stereocenters. The topological polar surface area (TPSA) is 83.5 Å². The van der Waals surface area contributed by atoms with E-state index in [0.29, 0.717) is 0 Å². The first kappa shape index (κ1) is 15.1. The normalized spacial score (nSPS) is 11.1. The van der Waals surface area contributed by atoms with Crippen molar-refractivity contribution in [3.63, 3.8) is 0 Å². The van der Waals surface area contributed by atoms with E-state index in [1.807, 2.05) is 23.8 Å². The van der Waals surface area contributed by atoms with Gasteiger partial charge in [0.15, 0.2) is 0 Å². The summed E-state index contributed by atoms with van der Waals surface area (Å²) in [6.45, 7) is 1.93. The van der Waals surface area contributed by atoms with E-state index in [1.165, 1.54) is 24.3 Å². The van der Waals surface area contributed by atoms with Crippen LogP contribution < -0.4 is 4.72 Å². The Morgan fingerprint density at radius 1 is 1.05 bits per heavy atom. The van der Waals surface area contributed by atoms with Crippen molar-refractivity contribution in [3.05, 3.63) is 59.7 Å². The zero-order valence-corrected chi connectivity index (χ0v) is 12.2. The van der Waals surface area contributed by atoms with Gasteiger partial charge in [0.2, 0.25) is 5.91 Å². The number of benzene rings is 2. The average Bonchev–Trinajstić information content (AvgIpc) is 2.41. The number of carbonyl (C=O) groups is 1. The number of sulfonamides is 1. The van der Waals surface area contributed by atoms with Crippen LogP contribution >= 0.6 is 0 Å². The number of amides is 1. The second-order valence-corrected chi connectivity index (χ2v) is 6.37. The van der Waals surface area contributed by atoms with Crippen LogP contribution in [0.5, 0.6) is 5.75 Å². The van der Waals surface area contributed by atoms with Gasteiger partial charge in [-0.25, -0.2) is 13.1 Å². The van der Waals surface area contributed by atoms with Crippen LogP contribution in [-0.2, 0) is 21.2 Å². The number of nitrogens with one attached hydrogen (secondary N) is 1. The molecule has 0 aromatic heterocycles. The van der Waals surface area contributed by atoms with Gasteiger partial charge >= 0.3 is 0 Å². The largest absolute Gasteiger partial charge is 0.508 e. The minimum absolute atomic E-state index is 0.0163. The van der Waals surface area contributed by atoms with Gasteiger partial charge in [0, 0.05) is 0 Å². The van der Waals surface area contributed by atoms with Crippen molar-refractivity contribution in [2.75, 3.05) is 0 Å². The van der Waals surface area contributed by atoms with E-state index in [0.717, 1.165) is 11.1 Å². The Labute approximate surface area is 123 Å². The first-order valence-corrected chi connectivity index (χ1v) is 7.75. The van der Waals surface area contributed by atoms with Crippen LogP contribution in [0.4, 0.5) is 0 Å². The predicted octanol–water partition coefficient (Wildman–Crippen LogP) is 1.75. The predicted molar refractivity (Wildman–Crippen MR) is 78.3 cm³/mol. The number of hydrogen-bond acceptors (Lipinski definition) is 4. The minimum Gasteiger partial charge on any atom is -0.508 e. The zero-order valence-electron chi connectivity index (χ0n) is 11.4. The van der Waals surface area contributed by atoms with Gasteiger partial charge in [-0.3, -0.25) is 4.79 Å². The molecule has 6 heteroatoms. The Morgan fingerprint density at radius 2 is 1.62 bits per heavy atom. The molecule has 0 spiro atoms. The first-order valence-electron chi connectivity index (χ1n) is 6.27. The summed E-state index contributed by atoms with van der Waals surface area (Å²) in [6, 6.07) is 12.2. The van der Waals surface area contributed by atoms with E-state index in [9.17, 15) is 13.2 Å². The number of phenols is 1. The van der Waals surface area contributed by atoms with E-state index in [4.69, 9.17) is 5.11 Å². The fourth-order valence-electron chi connectivity index (χ4n) is 1.76. The van der Waals surface area contributed by atoms with Crippen LogP contribution in [0.25, 0.3) is 0 Å². The molecule has 0 heterocycles. The maximum absolute atomic E-state index is 12.0. The Bertz CT molecular complexity index is 734. The molecule has 1 amide bonds. The highest BCUT2D eigenvalue weighted by Gasteiger charge is 2.17. The van der Waals surface area contributed by atoms with Crippen LogP contribution in [0.2, 0.25) is 0 Å². The van der Waals surface area contributed by atoms with Crippen molar-refractivity contribution in [1.82, 2.24) is 4.72 Å². The van der Waals surface area contributed by atoms with Crippen LogP contribution in [0, 0.1) is 6.92 Å². The smallest absolute Gasteiger partial charge is 0.264 e. The highest BCUT2D eigenvalue weighted by atomic mass is 32.2. The Morgan fingerprint density at radius 3 is 2.19 bits per heavy atom. The number of aryl methyl sites for hydroxylation is 1. The first-order chi connectivity index (χ1) is 9.87. The van der Waals surface area contributed by atoms with Crippen LogP contribution in [0.15, 0.2) is 53.4 Å². The maximum atomic E-state index is 12.0. The summed E-state index contributed by atoms with van der Waals surface area (Å²) in [7, 11) is -3.92. The van der Waals surface area contributed by atoms with Crippen molar-refractivity contribution >= 4 is 15.9 Å². The Balaban J connectivity index is 2.07. The zero-order chi connectivity index (χ0) is 15.5. The molecule has 0 saturated heterocycles. The Hall–Kier alpha value is -2.34. The SMILES string of the molecule is Cc1ccc(CC(=O)NS(=O)(=O)c2ccc(O)cc2)cc1. The second kappa shape index (κ2) is 5.97. The molecule has 0 aliphatic rings. The lowest BCUT2D eigenvalue weighted by molar-refractivity contribution is -0.118. The van der Waals surface area contributed by atoms with Crippen molar-refractivity contribution in [3.8, 4) is 5.75 Å². The van der Waals surface area contributed by atoms with E-state index < -0.39 is 15.9 Å². The van der Waals surface area contributed by atoms with Gasteiger partial charge in [-0.05, 0) is 36.8 Å². The van der Waals surface area contributed by atoms with E-state index in [2.05, 4.69) is 0 Å². The fourth-order valence-corrected chi connectivity index (χ4v) is 2.75. The second-order valence-electron chi connectivity index (χ2n) is 4.68. The van der Waals surface area contributed by atoms with E-state index >= 15 is 0 Å². The van der Waals surface area contributed by atoms with Crippen molar-refractivity contribution in [1.29, 1.82) is 0 Å². The Kier molecular flexibility index (Phi) is 4.28. The number of hydrogen-bond donors (Lipinski definition) is 2. The molecule has 0 radical (unpaired) electrons.